The Kier molecular flexibility index (Phi) is 7.36. The van der Waals surface area contributed by atoms with Gasteiger partial charge in [0.25, 0.3) is 5.91 Å². The summed E-state index contributed by atoms with van der Waals surface area (Å²) in [4.78, 5) is 30.9. The minimum Gasteiger partial charge on any atom is -0.389 e. The maximum absolute atomic E-state index is 13.0. The van der Waals surface area contributed by atoms with Crippen molar-refractivity contribution >= 4 is 11.8 Å². The predicted molar refractivity (Wildman–Crippen MR) is 102 cm³/mol. The molecule has 2 N–H and O–H groups in total. The quantitative estimate of drug-likeness (QED) is 0.768. The van der Waals surface area contributed by atoms with Crippen LogP contribution in [0.3, 0.4) is 0 Å². The second-order valence-electron chi connectivity index (χ2n) is 7.36. The lowest BCUT2D eigenvalue weighted by Gasteiger charge is -2.44. The van der Waals surface area contributed by atoms with Crippen LogP contribution in [0.1, 0.15) is 43.1 Å². The monoisotopic (exact) mass is 391 g/mol. The smallest absolute Gasteiger partial charge is 0.272 e. The van der Waals surface area contributed by atoms with Gasteiger partial charge in [-0.2, -0.15) is 0 Å². The minimum atomic E-state index is -0.758. The Balaban J connectivity index is 1.70. The van der Waals surface area contributed by atoms with E-state index in [1.165, 1.54) is 0 Å². The molecule has 1 aromatic rings. The predicted octanol–water partition coefficient (Wildman–Crippen LogP) is 0.747. The van der Waals surface area contributed by atoms with E-state index in [-0.39, 0.29) is 49.8 Å². The fourth-order valence-corrected chi connectivity index (χ4v) is 3.75. The zero-order chi connectivity index (χ0) is 19.9. The molecule has 2 aliphatic heterocycles. The number of nitrogens with zero attached hydrogens (tertiary/aromatic N) is 2. The summed E-state index contributed by atoms with van der Waals surface area (Å²) in [6, 6.07) is 4.97. The van der Waals surface area contributed by atoms with Gasteiger partial charge in [0.2, 0.25) is 5.91 Å². The Morgan fingerprint density at radius 1 is 1.32 bits per heavy atom. The number of hydrogen-bond donors (Lipinski definition) is 2. The van der Waals surface area contributed by atoms with E-state index in [0.717, 1.165) is 6.42 Å². The van der Waals surface area contributed by atoms with Crippen LogP contribution in [0.2, 0.25) is 0 Å². The molecule has 8 heteroatoms. The summed E-state index contributed by atoms with van der Waals surface area (Å²) in [5, 5.41) is 13.1. The van der Waals surface area contributed by atoms with Crippen LogP contribution >= 0.6 is 0 Å². The number of pyridine rings is 1. The zero-order valence-corrected chi connectivity index (χ0v) is 16.3. The molecule has 1 aromatic heterocycles. The maximum Gasteiger partial charge on any atom is 0.272 e. The third kappa shape index (κ3) is 5.27. The molecule has 3 heterocycles. The van der Waals surface area contributed by atoms with Crippen molar-refractivity contribution in [2.24, 2.45) is 0 Å². The second kappa shape index (κ2) is 9.95. The van der Waals surface area contributed by atoms with Crippen molar-refractivity contribution in [3.63, 3.8) is 0 Å². The molecule has 0 radical (unpaired) electrons. The van der Waals surface area contributed by atoms with E-state index in [1.807, 2.05) is 6.92 Å². The highest BCUT2D eigenvalue weighted by Gasteiger charge is 2.40. The van der Waals surface area contributed by atoms with Crippen LogP contribution < -0.4 is 5.32 Å². The molecule has 28 heavy (non-hydrogen) atoms. The molecule has 154 valence electrons. The summed E-state index contributed by atoms with van der Waals surface area (Å²) in [6.07, 6.45) is 2.84. The molecule has 2 amide bonds. The number of aliphatic hydroxyl groups excluding tert-OH is 1. The molecule has 2 saturated heterocycles. The van der Waals surface area contributed by atoms with E-state index >= 15 is 0 Å². The molecule has 4 atom stereocenters. The van der Waals surface area contributed by atoms with Gasteiger partial charge in [0, 0.05) is 19.3 Å². The maximum atomic E-state index is 13.0. The van der Waals surface area contributed by atoms with Crippen molar-refractivity contribution in [2.75, 3.05) is 26.3 Å². The van der Waals surface area contributed by atoms with Gasteiger partial charge in [-0.1, -0.05) is 13.0 Å². The highest BCUT2D eigenvalue weighted by molar-refractivity contribution is 5.92. The van der Waals surface area contributed by atoms with Gasteiger partial charge in [0.05, 0.1) is 37.9 Å². The molecule has 0 bridgehead atoms. The van der Waals surface area contributed by atoms with Gasteiger partial charge >= 0.3 is 0 Å². The molecule has 3 rings (SSSR count). The van der Waals surface area contributed by atoms with E-state index < -0.39 is 6.10 Å². The Hall–Kier alpha value is -2.03. The Labute approximate surface area is 165 Å². The second-order valence-corrected chi connectivity index (χ2v) is 7.36. The van der Waals surface area contributed by atoms with Crippen LogP contribution in [-0.4, -0.2) is 77.5 Å². The highest BCUT2D eigenvalue weighted by Crippen LogP contribution is 2.28. The molecule has 0 saturated carbocycles. The standard InChI is InChI=1S/C20H29N3O5/c1-2-8-22-19(25)10-15-6-7-17-18(28-15)13-27-12-14(24)11-23(17)20(26)16-5-3-4-9-21-16/h3-5,9,14-15,17-18,24H,2,6-8,10-13H2,1H3,(H,22,25)/t14-,15+,17+,18-/m1/s1. The number of fused-ring (bicyclic) bond motifs is 1. The van der Waals surface area contributed by atoms with Crippen molar-refractivity contribution in [2.45, 2.75) is 57.0 Å². The summed E-state index contributed by atoms with van der Waals surface area (Å²) in [5.74, 6) is -0.242. The van der Waals surface area contributed by atoms with E-state index in [4.69, 9.17) is 9.47 Å². The minimum absolute atomic E-state index is 0.0195. The number of amides is 2. The van der Waals surface area contributed by atoms with Crippen molar-refractivity contribution < 1.29 is 24.2 Å². The fraction of sp³-hybridized carbons (Fsp3) is 0.650. The van der Waals surface area contributed by atoms with Crippen LogP contribution in [0.25, 0.3) is 0 Å². The van der Waals surface area contributed by atoms with Crippen LogP contribution in [0, 0.1) is 0 Å². The number of aliphatic hydroxyl groups is 1. The molecular weight excluding hydrogens is 362 g/mol. The SMILES string of the molecule is CCCNC(=O)C[C@@H]1CC[C@H]2[C@@H](COC[C@H](O)CN2C(=O)c2ccccn2)O1. The summed E-state index contributed by atoms with van der Waals surface area (Å²) in [6.45, 7) is 3.25. The number of carbonyl (C=O) groups is 2. The molecule has 0 aromatic carbocycles. The Morgan fingerprint density at radius 2 is 2.18 bits per heavy atom. The van der Waals surface area contributed by atoms with Crippen LogP contribution in [0.15, 0.2) is 24.4 Å². The van der Waals surface area contributed by atoms with Gasteiger partial charge in [0.1, 0.15) is 11.8 Å². The molecule has 0 spiro atoms. The van der Waals surface area contributed by atoms with E-state index in [9.17, 15) is 14.7 Å². The van der Waals surface area contributed by atoms with Gasteiger partial charge in [-0.3, -0.25) is 14.6 Å². The normalized spacial score (nSPS) is 28.0. The van der Waals surface area contributed by atoms with E-state index in [0.29, 0.717) is 31.5 Å². The van der Waals surface area contributed by atoms with Gasteiger partial charge in [-0.05, 0) is 31.4 Å². The number of nitrogens with one attached hydrogen (secondary N) is 1. The lowest BCUT2D eigenvalue weighted by atomic mass is 9.94. The zero-order valence-electron chi connectivity index (χ0n) is 16.3. The van der Waals surface area contributed by atoms with E-state index in [1.54, 1.807) is 29.3 Å². The summed E-state index contributed by atoms with van der Waals surface area (Å²) < 4.78 is 11.7. The van der Waals surface area contributed by atoms with Crippen LogP contribution in [0.5, 0.6) is 0 Å². The number of rotatable bonds is 5. The number of β-amino-alcohol motifs (C(OH)–C–C–N with tert-alkyl or cyclic N) is 1. The number of aromatic nitrogens is 1. The van der Waals surface area contributed by atoms with Gasteiger partial charge in [0.15, 0.2) is 0 Å². The lowest BCUT2D eigenvalue weighted by Crippen LogP contribution is -2.57. The average Bonchev–Trinajstić information content (AvgIpc) is 2.70. The first kappa shape index (κ1) is 20.7. The van der Waals surface area contributed by atoms with Gasteiger partial charge in [-0.15, -0.1) is 0 Å². The van der Waals surface area contributed by atoms with Gasteiger partial charge in [-0.25, -0.2) is 0 Å². The number of carbonyl (C=O) groups excluding carboxylic acids is 2. The van der Waals surface area contributed by atoms with Crippen molar-refractivity contribution in [3.05, 3.63) is 30.1 Å². The van der Waals surface area contributed by atoms with Crippen molar-refractivity contribution in [1.82, 2.24) is 15.2 Å². The summed E-state index contributed by atoms with van der Waals surface area (Å²) in [5.41, 5.74) is 0.344. The van der Waals surface area contributed by atoms with Gasteiger partial charge < -0.3 is 24.8 Å². The topological polar surface area (TPSA) is 101 Å². The van der Waals surface area contributed by atoms with E-state index in [2.05, 4.69) is 10.3 Å². The summed E-state index contributed by atoms with van der Waals surface area (Å²) in [7, 11) is 0. The third-order valence-electron chi connectivity index (χ3n) is 5.11. The molecule has 8 nitrogen and oxygen atoms in total. The van der Waals surface area contributed by atoms with Crippen molar-refractivity contribution in [1.29, 1.82) is 0 Å². The first-order valence-corrected chi connectivity index (χ1v) is 9.98. The molecule has 0 aliphatic carbocycles. The van der Waals surface area contributed by atoms with Crippen LogP contribution in [-0.2, 0) is 14.3 Å². The average molecular weight is 391 g/mol. The fourth-order valence-electron chi connectivity index (χ4n) is 3.75. The molecular formula is C20H29N3O5. The van der Waals surface area contributed by atoms with Crippen LogP contribution in [0.4, 0.5) is 0 Å². The summed E-state index contributed by atoms with van der Waals surface area (Å²) >= 11 is 0. The third-order valence-corrected chi connectivity index (χ3v) is 5.11. The first-order valence-electron chi connectivity index (χ1n) is 9.98. The Morgan fingerprint density at radius 3 is 2.93 bits per heavy atom. The molecule has 0 unspecified atom stereocenters. The number of hydrogen-bond acceptors (Lipinski definition) is 6. The highest BCUT2D eigenvalue weighted by atomic mass is 16.5. The largest absolute Gasteiger partial charge is 0.389 e. The van der Waals surface area contributed by atoms with Crippen molar-refractivity contribution in [3.8, 4) is 0 Å². The molecule has 2 fully saturated rings. The molecule has 2 aliphatic rings. The first-order chi connectivity index (χ1) is 13.6. The number of ether oxygens (including phenoxy) is 2. The Bertz CT molecular complexity index is 657. The lowest BCUT2D eigenvalue weighted by molar-refractivity contribution is -0.150.